The number of hydrogen-bond donors (Lipinski definition) is 1. The fourth-order valence-corrected chi connectivity index (χ4v) is 4.45. The van der Waals surface area contributed by atoms with E-state index in [2.05, 4.69) is 5.32 Å². The van der Waals surface area contributed by atoms with Gasteiger partial charge in [0.25, 0.3) is 0 Å². The van der Waals surface area contributed by atoms with Crippen molar-refractivity contribution in [1.82, 2.24) is 9.62 Å². The highest BCUT2D eigenvalue weighted by atomic mass is 32.2. The number of nitrogens with one attached hydrogen (secondary N) is 1. The first-order valence-electron chi connectivity index (χ1n) is 7.55. The number of piperidine rings is 1. The fourth-order valence-electron chi connectivity index (χ4n) is 2.85. The average Bonchev–Trinajstić information content (AvgIpc) is 3.32. The zero-order valence-electron chi connectivity index (χ0n) is 12.1. The molecular formula is C15H19F3N2OS. The minimum Gasteiger partial charge on any atom is -0.315 e. The summed E-state index contributed by atoms with van der Waals surface area (Å²) in [4.78, 5) is 0.243. The lowest BCUT2D eigenvalue weighted by molar-refractivity contribution is -0.137. The summed E-state index contributed by atoms with van der Waals surface area (Å²) in [6.07, 6.45) is -0.513. The van der Waals surface area contributed by atoms with Crippen molar-refractivity contribution in [2.24, 2.45) is 0 Å². The van der Waals surface area contributed by atoms with Crippen LogP contribution in [-0.2, 0) is 17.2 Å². The number of nitrogens with zero attached hydrogens (tertiary/aromatic N) is 1. The highest BCUT2D eigenvalue weighted by Gasteiger charge is 2.39. The summed E-state index contributed by atoms with van der Waals surface area (Å²) in [5.41, 5.74) is -0.740. The summed E-state index contributed by atoms with van der Waals surface area (Å²) in [7, 11) is -1.54. The van der Waals surface area contributed by atoms with Crippen LogP contribution in [0.4, 0.5) is 13.2 Å². The number of benzene rings is 1. The van der Waals surface area contributed by atoms with Gasteiger partial charge in [-0.2, -0.15) is 13.2 Å². The first kappa shape index (κ1) is 16.0. The predicted octanol–water partition coefficient (Wildman–Crippen LogP) is 2.94. The van der Waals surface area contributed by atoms with E-state index in [1.165, 1.54) is 12.1 Å². The molecule has 0 amide bonds. The average molecular weight is 332 g/mol. The number of halogens is 3. The normalized spacial score (nSPS) is 24.5. The zero-order chi connectivity index (χ0) is 15.7. The molecule has 3 nitrogen and oxygen atoms in total. The van der Waals surface area contributed by atoms with Crippen LogP contribution in [0.15, 0.2) is 29.2 Å². The van der Waals surface area contributed by atoms with Gasteiger partial charge in [0.1, 0.15) is 11.0 Å². The summed E-state index contributed by atoms with van der Waals surface area (Å²) in [5.74, 6) is 0. The third kappa shape index (κ3) is 3.52. The van der Waals surface area contributed by atoms with Crippen LogP contribution in [0.1, 0.15) is 31.2 Å². The molecule has 1 aliphatic carbocycles. The Balaban J connectivity index is 1.84. The smallest absolute Gasteiger partial charge is 0.315 e. The second-order valence-corrected chi connectivity index (χ2v) is 7.26. The number of hydrogen-bond acceptors (Lipinski definition) is 2. The van der Waals surface area contributed by atoms with Crippen molar-refractivity contribution in [1.29, 1.82) is 0 Å². The Morgan fingerprint density at radius 2 is 1.95 bits per heavy atom. The summed E-state index contributed by atoms with van der Waals surface area (Å²) < 4.78 is 53.3. The standard InChI is InChI=1S/C15H19F3N2OS/c16-15(17,18)11-3-1-5-14(9-11)22(21)20(12-6-7-12)13-4-2-8-19-10-13/h1,3,5,9,12-13,19H,2,4,6-8,10H2. The van der Waals surface area contributed by atoms with Crippen molar-refractivity contribution >= 4 is 11.0 Å². The minimum absolute atomic E-state index is 0.136. The Morgan fingerprint density at radius 3 is 2.55 bits per heavy atom. The van der Waals surface area contributed by atoms with Crippen molar-refractivity contribution in [2.75, 3.05) is 13.1 Å². The summed E-state index contributed by atoms with van der Waals surface area (Å²) in [5, 5.41) is 3.28. The van der Waals surface area contributed by atoms with Gasteiger partial charge in [-0.15, -0.1) is 0 Å². The van der Waals surface area contributed by atoms with Crippen molar-refractivity contribution in [3.8, 4) is 0 Å². The molecule has 1 heterocycles. The van der Waals surface area contributed by atoms with E-state index in [1.54, 1.807) is 0 Å². The van der Waals surface area contributed by atoms with Gasteiger partial charge >= 0.3 is 6.18 Å². The van der Waals surface area contributed by atoms with Gasteiger partial charge in [0.05, 0.1) is 10.5 Å². The van der Waals surface area contributed by atoms with Gasteiger partial charge in [-0.3, -0.25) is 0 Å². The molecule has 1 saturated heterocycles. The van der Waals surface area contributed by atoms with Gasteiger partial charge in [-0.25, -0.2) is 8.51 Å². The fraction of sp³-hybridized carbons (Fsp3) is 0.600. The van der Waals surface area contributed by atoms with Gasteiger partial charge in [-0.1, -0.05) is 6.07 Å². The van der Waals surface area contributed by atoms with Crippen LogP contribution in [0.3, 0.4) is 0 Å². The molecule has 1 saturated carbocycles. The molecule has 1 aliphatic heterocycles. The lowest BCUT2D eigenvalue weighted by atomic mass is 10.1. The SMILES string of the molecule is O=S(c1cccc(C(F)(F)F)c1)N(C1CC1)C1CCCNC1. The van der Waals surface area contributed by atoms with Crippen molar-refractivity contribution in [3.63, 3.8) is 0 Å². The topological polar surface area (TPSA) is 32.3 Å². The Morgan fingerprint density at radius 1 is 1.18 bits per heavy atom. The Bertz CT molecular complexity index is 554. The largest absolute Gasteiger partial charge is 0.416 e. The van der Waals surface area contributed by atoms with Gasteiger partial charge in [0.2, 0.25) is 0 Å². The minimum atomic E-state index is -4.41. The molecule has 2 atom stereocenters. The maximum atomic E-state index is 12.8. The molecule has 7 heteroatoms. The first-order chi connectivity index (χ1) is 10.5. The first-order valence-corrected chi connectivity index (χ1v) is 8.65. The lowest BCUT2D eigenvalue weighted by Gasteiger charge is -2.33. The van der Waals surface area contributed by atoms with E-state index in [0.29, 0.717) is 0 Å². The van der Waals surface area contributed by atoms with Gasteiger partial charge < -0.3 is 5.32 Å². The van der Waals surface area contributed by atoms with Crippen LogP contribution in [0.2, 0.25) is 0 Å². The predicted molar refractivity (Wildman–Crippen MR) is 78.6 cm³/mol. The van der Waals surface area contributed by atoms with E-state index in [4.69, 9.17) is 0 Å². The quantitative estimate of drug-likeness (QED) is 0.919. The molecule has 1 aromatic carbocycles. The number of rotatable bonds is 4. The zero-order valence-corrected chi connectivity index (χ0v) is 12.9. The third-order valence-corrected chi connectivity index (χ3v) is 5.73. The van der Waals surface area contributed by atoms with Gasteiger partial charge in [0.15, 0.2) is 0 Å². The molecule has 2 fully saturated rings. The Kier molecular flexibility index (Phi) is 4.56. The maximum absolute atomic E-state index is 12.8. The van der Waals surface area contributed by atoms with Gasteiger partial charge in [0, 0.05) is 18.6 Å². The molecular weight excluding hydrogens is 313 g/mol. The molecule has 22 heavy (non-hydrogen) atoms. The Labute approximate surface area is 130 Å². The van der Waals surface area contributed by atoms with Gasteiger partial charge in [-0.05, 0) is 50.4 Å². The molecule has 122 valence electrons. The molecule has 1 N–H and O–H groups in total. The molecule has 0 radical (unpaired) electrons. The molecule has 2 unspecified atom stereocenters. The van der Waals surface area contributed by atoms with Crippen LogP contribution in [-0.4, -0.2) is 33.7 Å². The van der Waals surface area contributed by atoms with E-state index in [9.17, 15) is 17.4 Å². The van der Waals surface area contributed by atoms with Crippen LogP contribution in [0.5, 0.6) is 0 Å². The second-order valence-electron chi connectivity index (χ2n) is 5.87. The van der Waals surface area contributed by atoms with E-state index in [0.717, 1.165) is 50.9 Å². The van der Waals surface area contributed by atoms with E-state index in [1.807, 2.05) is 4.31 Å². The Hall–Kier alpha value is -0.920. The summed E-state index contributed by atoms with van der Waals surface area (Å²) in [6, 6.07) is 5.26. The highest BCUT2D eigenvalue weighted by Crippen LogP contribution is 2.35. The monoisotopic (exact) mass is 332 g/mol. The third-order valence-electron chi connectivity index (χ3n) is 4.09. The maximum Gasteiger partial charge on any atom is 0.416 e. The van der Waals surface area contributed by atoms with Crippen LogP contribution < -0.4 is 5.32 Å². The molecule has 0 aromatic heterocycles. The van der Waals surface area contributed by atoms with E-state index < -0.39 is 22.7 Å². The summed E-state index contributed by atoms with van der Waals surface area (Å²) in [6.45, 7) is 1.70. The highest BCUT2D eigenvalue weighted by molar-refractivity contribution is 7.82. The van der Waals surface area contributed by atoms with Crippen LogP contribution in [0, 0.1) is 0 Å². The van der Waals surface area contributed by atoms with E-state index in [-0.39, 0.29) is 17.0 Å². The van der Waals surface area contributed by atoms with Crippen LogP contribution in [0.25, 0.3) is 0 Å². The lowest BCUT2D eigenvalue weighted by Crippen LogP contribution is -2.47. The molecule has 3 rings (SSSR count). The summed E-state index contributed by atoms with van der Waals surface area (Å²) >= 11 is 0. The molecule has 0 bridgehead atoms. The molecule has 2 aliphatic rings. The van der Waals surface area contributed by atoms with E-state index >= 15 is 0 Å². The second kappa shape index (κ2) is 6.29. The van der Waals surface area contributed by atoms with Crippen molar-refractivity contribution < 1.29 is 17.4 Å². The van der Waals surface area contributed by atoms with Crippen LogP contribution >= 0.6 is 0 Å². The molecule has 0 spiro atoms. The van der Waals surface area contributed by atoms with Crippen molar-refractivity contribution in [2.45, 2.75) is 48.8 Å². The number of alkyl halides is 3. The molecule has 1 aromatic rings. The van der Waals surface area contributed by atoms with Crippen molar-refractivity contribution in [3.05, 3.63) is 29.8 Å².